The molecule has 1 unspecified atom stereocenters. The smallest absolute Gasteiger partial charge is 0.324 e. The summed E-state index contributed by atoms with van der Waals surface area (Å²) in [6, 6.07) is 3.28. The fourth-order valence-corrected chi connectivity index (χ4v) is 1.97. The standard InChI is InChI=1S/C9H9BrF3N/c1-5(14)8-6(9(11,12)13)3-2-4-7(8)10/h2-5H,14H2,1H3. The molecule has 1 atom stereocenters. The molecule has 1 aromatic rings. The minimum Gasteiger partial charge on any atom is -0.324 e. The largest absolute Gasteiger partial charge is 0.416 e. The second-order valence-corrected chi connectivity index (χ2v) is 3.84. The molecule has 1 rings (SSSR count). The molecule has 1 nitrogen and oxygen atoms in total. The van der Waals surface area contributed by atoms with Crippen molar-refractivity contribution in [2.24, 2.45) is 5.73 Å². The van der Waals surface area contributed by atoms with E-state index in [2.05, 4.69) is 15.9 Å². The summed E-state index contributed by atoms with van der Waals surface area (Å²) in [4.78, 5) is 0. The second kappa shape index (κ2) is 3.90. The Morgan fingerprint density at radius 1 is 1.36 bits per heavy atom. The number of hydrogen-bond donors (Lipinski definition) is 1. The van der Waals surface area contributed by atoms with Gasteiger partial charge in [-0.1, -0.05) is 22.0 Å². The van der Waals surface area contributed by atoms with Crippen LogP contribution in [0, 0.1) is 0 Å². The van der Waals surface area contributed by atoms with Gasteiger partial charge in [-0.15, -0.1) is 0 Å². The Bertz CT molecular complexity index is 333. The maximum Gasteiger partial charge on any atom is 0.416 e. The molecular formula is C9H9BrF3N. The van der Waals surface area contributed by atoms with E-state index in [1.54, 1.807) is 6.07 Å². The number of rotatable bonds is 1. The summed E-state index contributed by atoms with van der Waals surface area (Å²) in [6.07, 6.45) is -4.35. The van der Waals surface area contributed by atoms with Crippen molar-refractivity contribution in [3.8, 4) is 0 Å². The molecule has 5 heteroatoms. The Morgan fingerprint density at radius 2 is 1.93 bits per heavy atom. The third kappa shape index (κ3) is 2.27. The molecule has 0 amide bonds. The Hall–Kier alpha value is -0.550. The summed E-state index contributed by atoms with van der Waals surface area (Å²) < 4.78 is 37.9. The van der Waals surface area contributed by atoms with E-state index in [9.17, 15) is 13.2 Å². The van der Waals surface area contributed by atoms with Crippen LogP contribution in [0.15, 0.2) is 22.7 Å². The first kappa shape index (κ1) is 11.5. The lowest BCUT2D eigenvalue weighted by Crippen LogP contribution is -2.15. The van der Waals surface area contributed by atoms with Gasteiger partial charge in [-0.3, -0.25) is 0 Å². The summed E-state index contributed by atoms with van der Waals surface area (Å²) >= 11 is 3.06. The zero-order valence-electron chi connectivity index (χ0n) is 7.40. The second-order valence-electron chi connectivity index (χ2n) is 2.99. The lowest BCUT2D eigenvalue weighted by Gasteiger charge is -2.16. The molecule has 78 valence electrons. The van der Waals surface area contributed by atoms with Crippen LogP contribution < -0.4 is 5.73 Å². The van der Waals surface area contributed by atoms with Gasteiger partial charge in [-0.05, 0) is 24.6 Å². The van der Waals surface area contributed by atoms with Crippen LogP contribution in [-0.4, -0.2) is 0 Å². The van der Waals surface area contributed by atoms with E-state index in [1.165, 1.54) is 13.0 Å². The highest BCUT2D eigenvalue weighted by molar-refractivity contribution is 9.10. The first-order valence-corrected chi connectivity index (χ1v) is 4.74. The Kier molecular flexibility index (Phi) is 3.21. The van der Waals surface area contributed by atoms with Gasteiger partial charge >= 0.3 is 6.18 Å². The predicted molar refractivity (Wildman–Crippen MR) is 51.7 cm³/mol. The van der Waals surface area contributed by atoms with Crippen molar-refractivity contribution in [3.63, 3.8) is 0 Å². The first-order valence-electron chi connectivity index (χ1n) is 3.95. The van der Waals surface area contributed by atoms with Gasteiger partial charge < -0.3 is 5.73 Å². The van der Waals surface area contributed by atoms with Crippen molar-refractivity contribution in [2.45, 2.75) is 19.1 Å². The summed E-state index contributed by atoms with van der Waals surface area (Å²) in [5.74, 6) is 0. The minimum atomic E-state index is -4.35. The maximum atomic E-state index is 12.5. The number of nitrogens with two attached hydrogens (primary N) is 1. The molecule has 0 heterocycles. The van der Waals surface area contributed by atoms with Crippen molar-refractivity contribution < 1.29 is 13.2 Å². The van der Waals surface area contributed by atoms with Crippen molar-refractivity contribution in [2.75, 3.05) is 0 Å². The van der Waals surface area contributed by atoms with E-state index in [0.29, 0.717) is 4.47 Å². The van der Waals surface area contributed by atoms with Crippen LogP contribution in [0.4, 0.5) is 13.2 Å². The van der Waals surface area contributed by atoms with E-state index in [1.807, 2.05) is 0 Å². The Balaban J connectivity index is 3.36. The van der Waals surface area contributed by atoms with Crippen LogP contribution >= 0.6 is 15.9 Å². The van der Waals surface area contributed by atoms with E-state index >= 15 is 0 Å². The molecule has 0 aliphatic rings. The third-order valence-corrected chi connectivity index (χ3v) is 2.51. The molecule has 0 radical (unpaired) electrons. The van der Waals surface area contributed by atoms with Gasteiger partial charge in [-0.25, -0.2) is 0 Å². The number of benzene rings is 1. The van der Waals surface area contributed by atoms with Crippen LogP contribution in [0.5, 0.6) is 0 Å². The van der Waals surface area contributed by atoms with Gasteiger partial charge in [0, 0.05) is 10.5 Å². The molecule has 0 spiro atoms. The highest BCUT2D eigenvalue weighted by Gasteiger charge is 2.34. The molecule has 14 heavy (non-hydrogen) atoms. The molecular weight excluding hydrogens is 259 g/mol. The van der Waals surface area contributed by atoms with Gasteiger partial charge in [-0.2, -0.15) is 13.2 Å². The topological polar surface area (TPSA) is 26.0 Å². The fourth-order valence-electron chi connectivity index (χ4n) is 1.25. The lowest BCUT2D eigenvalue weighted by molar-refractivity contribution is -0.138. The van der Waals surface area contributed by atoms with E-state index < -0.39 is 17.8 Å². The highest BCUT2D eigenvalue weighted by atomic mass is 79.9. The number of hydrogen-bond acceptors (Lipinski definition) is 1. The summed E-state index contributed by atoms with van der Waals surface area (Å²) in [5.41, 5.74) is 4.90. The van der Waals surface area contributed by atoms with Crippen molar-refractivity contribution in [3.05, 3.63) is 33.8 Å². The van der Waals surface area contributed by atoms with Crippen LogP contribution in [-0.2, 0) is 6.18 Å². The Morgan fingerprint density at radius 3 is 2.29 bits per heavy atom. The van der Waals surface area contributed by atoms with Crippen molar-refractivity contribution in [1.82, 2.24) is 0 Å². The normalized spacial score (nSPS) is 14.1. The molecule has 0 aliphatic heterocycles. The first-order chi connectivity index (χ1) is 6.34. The zero-order valence-corrected chi connectivity index (χ0v) is 8.98. The minimum absolute atomic E-state index is 0.0972. The lowest BCUT2D eigenvalue weighted by atomic mass is 10.0. The van der Waals surface area contributed by atoms with E-state index in [4.69, 9.17) is 5.73 Å². The van der Waals surface area contributed by atoms with E-state index in [0.717, 1.165) is 6.07 Å². The van der Waals surface area contributed by atoms with E-state index in [-0.39, 0.29) is 5.56 Å². The summed E-state index contributed by atoms with van der Waals surface area (Å²) in [6.45, 7) is 1.52. The van der Waals surface area contributed by atoms with Crippen LogP contribution in [0.25, 0.3) is 0 Å². The zero-order chi connectivity index (χ0) is 10.9. The van der Waals surface area contributed by atoms with Crippen LogP contribution in [0.3, 0.4) is 0 Å². The summed E-state index contributed by atoms with van der Waals surface area (Å²) in [7, 11) is 0. The number of halogens is 4. The van der Waals surface area contributed by atoms with Crippen molar-refractivity contribution in [1.29, 1.82) is 0 Å². The average molecular weight is 268 g/mol. The summed E-state index contributed by atoms with van der Waals surface area (Å²) in [5, 5.41) is 0. The molecule has 0 fully saturated rings. The third-order valence-electron chi connectivity index (χ3n) is 1.81. The van der Waals surface area contributed by atoms with Crippen LogP contribution in [0.2, 0.25) is 0 Å². The molecule has 0 bridgehead atoms. The fraction of sp³-hybridized carbons (Fsp3) is 0.333. The van der Waals surface area contributed by atoms with Gasteiger partial charge in [0.15, 0.2) is 0 Å². The predicted octanol–water partition coefficient (Wildman–Crippen LogP) is 3.49. The molecule has 0 aromatic heterocycles. The van der Waals surface area contributed by atoms with Gasteiger partial charge in [0.05, 0.1) is 5.56 Å². The SMILES string of the molecule is CC(N)c1c(Br)cccc1C(F)(F)F. The molecule has 0 saturated heterocycles. The van der Waals surface area contributed by atoms with Crippen molar-refractivity contribution >= 4 is 15.9 Å². The average Bonchev–Trinajstić information content (AvgIpc) is 2.01. The molecule has 1 aromatic carbocycles. The highest BCUT2D eigenvalue weighted by Crippen LogP contribution is 2.37. The Labute approximate surface area is 88.2 Å². The van der Waals surface area contributed by atoms with Gasteiger partial charge in [0.2, 0.25) is 0 Å². The molecule has 2 N–H and O–H groups in total. The van der Waals surface area contributed by atoms with Crippen LogP contribution in [0.1, 0.15) is 24.1 Å². The van der Waals surface area contributed by atoms with Gasteiger partial charge in [0.1, 0.15) is 0 Å². The number of alkyl halides is 3. The molecule has 0 aliphatic carbocycles. The maximum absolute atomic E-state index is 12.5. The van der Waals surface area contributed by atoms with Gasteiger partial charge in [0.25, 0.3) is 0 Å². The quantitative estimate of drug-likeness (QED) is 0.828. The monoisotopic (exact) mass is 267 g/mol. The molecule has 0 saturated carbocycles.